The smallest absolute Gasteiger partial charge is 0.176 e. The van der Waals surface area contributed by atoms with Crippen molar-refractivity contribution in [2.24, 2.45) is 0 Å². The number of imidazole rings is 1. The van der Waals surface area contributed by atoms with Crippen molar-refractivity contribution in [1.29, 1.82) is 0 Å². The van der Waals surface area contributed by atoms with Crippen LogP contribution < -0.4 is 0 Å². The molecule has 15 heavy (non-hydrogen) atoms. The van der Waals surface area contributed by atoms with Gasteiger partial charge in [0, 0.05) is 0 Å². The van der Waals surface area contributed by atoms with E-state index in [4.69, 9.17) is 11.6 Å². The van der Waals surface area contributed by atoms with E-state index in [1.807, 2.05) is 28.7 Å². The summed E-state index contributed by atoms with van der Waals surface area (Å²) in [5, 5.41) is 0.441. The number of nitrogens with zero attached hydrogens (tertiary/aromatic N) is 3. The molecule has 3 rings (SSSR count). The first-order chi connectivity index (χ1) is 7.27. The second-order valence-electron chi connectivity index (χ2n) is 3.13. The molecule has 0 radical (unpaired) electrons. The molecule has 0 N–H and O–H groups in total. The van der Waals surface area contributed by atoms with Crippen molar-refractivity contribution in [3.63, 3.8) is 0 Å². The molecule has 0 spiro atoms. The van der Waals surface area contributed by atoms with Crippen molar-refractivity contribution in [1.82, 2.24) is 14.4 Å². The van der Waals surface area contributed by atoms with Gasteiger partial charge >= 0.3 is 0 Å². The van der Waals surface area contributed by atoms with Crippen LogP contribution in [0.5, 0.6) is 0 Å². The molecule has 3 aromatic rings. The van der Waals surface area contributed by atoms with Gasteiger partial charge in [-0.2, -0.15) is 0 Å². The Morgan fingerprint density at radius 2 is 2.07 bits per heavy atom. The Kier molecular flexibility index (Phi) is 2.07. The van der Waals surface area contributed by atoms with E-state index in [0.717, 1.165) is 14.7 Å². The molecule has 0 fully saturated rings. The number of fused-ring (bicyclic) bond motifs is 3. The van der Waals surface area contributed by atoms with Crippen molar-refractivity contribution in [3.05, 3.63) is 39.3 Å². The Morgan fingerprint density at radius 3 is 2.93 bits per heavy atom. The Labute approximate surface area is 104 Å². The minimum absolute atomic E-state index is 0.441. The number of halogens is 2. The van der Waals surface area contributed by atoms with Crippen LogP contribution in [0.1, 0.15) is 0 Å². The number of aromatic nitrogens is 3. The first-order valence-electron chi connectivity index (χ1n) is 4.34. The highest BCUT2D eigenvalue weighted by molar-refractivity contribution is 14.1. The Bertz CT molecular complexity index is 662. The van der Waals surface area contributed by atoms with Crippen molar-refractivity contribution >= 4 is 50.9 Å². The summed E-state index contributed by atoms with van der Waals surface area (Å²) < 4.78 is 3.04. The van der Waals surface area contributed by atoms with Crippen molar-refractivity contribution < 1.29 is 0 Å². The molecule has 2 heterocycles. The lowest BCUT2D eigenvalue weighted by atomic mass is 10.3. The lowest BCUT2D eigenvalue weighted by Crippen LogP contribution is -1.94. The van der Waals surface area contributed by atoms with Crippen LogP contribution in [0.3, 0.4) is 0 Å². The molecule has 0 saturated heterocycles. The van der Waals surface area contributed by atoms with Crippen LogP contribution >= 0.6 is 34.2 Å². The van der Waals surface area contributed by atoms with Gasteiger partial charge in [-0.15, -0.1) is 0 Å². The Balaban J connectivity index is 2.67. The molecular formula is C10H5ClIN3. The molecule has 0 aliphatic rings. The molecule has 74 valence electrons. The normalized spacial score (nSPS) is 11.3. The largest absolute Gasteiger partial charge is 0.283 e. The van der Waals surface area contributed by atoms with Crippen LogP contribution in [0.4, 0.5) is 0 Å². The van der Waals surface area contributed by atoms with E-state index < -0.39 is 0 Å². The summed E-state index contributed by atoms with van der Waals surface area (Å²) in [6.45, 7) is 0. The fourth-order valence-corrected chi connectivity index (χ4v) is 2.46. The highest BCUT2D eigenvalue weighted by Gasteiger charge is 2.09. The Morgan fingerprint density at radius 1 is 1.27 bits per heavy atom. The second kappa shape index (κ2) is 3.31. The van der Waals surface area contributed by atoms with Gasteiger partial charge in [-0.05, 0) is 34.7 Å². The van der Waals surface area contributed by atoms with Gasteiger partial charge in [-0.25, -0.2) is 9.97 Å². The number of hydrogen-bond donors (Lipinski definition) is 0. The molecule has 0 saturated carbocycles. The Hall–Kier alpha value is -0.880. The van der Waals surface area contributed by atoms with E-state index in [1.54, 1.807) is 6.20 Å². The predicted octanol–water partition coefficient (Wildman–Crippen LogP) is 3.14. The molecule has 3 nitrogen and oxygen atoms in total. The highest BCUT2D eigenvalue weighted by atomic mass is 127. The molecule has 5 heteroatoms. The molecule has 0 unspecified atom stereocenters. The summed E-state index contributed by atoms with van der Waals surface area (Å²) in [5.41, 5.74) is 2.62. The van der Waals surface area contributed by atoms with E-state index in [2.05, 4.69) is 32.6 Å². The fraction of sp³-hybridized carbons (Fsp3) is 0. The van der Waals surface area contributed by atoms with Gasteiger partial charge < -0.3 is 0 Å². The van der Waals surface area contributed by atoms with Gasteiger partial charge in [0.1, 0.15) is 3.70 Å². The van der Waals surface area contributed by atoms with E-state index in [-0.39, 0.29) is 0 Å². The average molecular weight is 330 g/mol. The lowest BCUT2D eigenvalue weighted by Gasteiger charge is -2.03. The maximum absolute atomic E-state index is 6.05. The van der Waals surface area contributed by atoms with E-state index in [1.165, 1.54) is 0 Å². The molecule has 0 aliphatic carbocycles. The van der Waals surface area contributed by atoms with E-state index in [0.29, 0.717) is 10.8 Å². The minimum atomic E-state index is 0.441. The van der Waals surface area contributed by atoms with Gasteiger partial charge in [0.15, 0.2) is 10.8 Å². The van der Waals surface area contributed by atoms with Crippen LogP contribution in [-0.4, -0.2) is 14.4 Å². The second-order valence-corrected chi connectivity index (χ2v) is 4.59. The van der Waals surface area contributed by atoms with E-state index >= 15 is 0 Å². The molecule has 0 atom stereocenters. The third-order valence-electron chi connectivity index (χ3n) is 2.24. The summed E-state index contributed by atoms with van der Waals surface area (Å²) in [6, 6.07) is 7.88. The SMILES string of the molecule is Clc1nc2ccccc2n2c(I)cnc12. The number of rotatable bonds is 0. The van der Waals surface area contributed by atoms with Gasteiger partial charge in [0.2, 0.25) is 0 Å². The average Bonchev–Trinajstić information content (AvgIpc) is 2.62. The molecule has 0 aliphatic heterocycles. The third-order valence-corrected chi connectivity index (χ3v) is 3.26. The van der Waals surface area contributed by atoms with Crippen LogP contribution in [0.2, 0.25) is 5.15 Å². The summed E-state index contributed by atoms with van der Waals surface area (Å²) in [4.78, 5) is 8.52. The van der Waals surface area contributed by atoms with Gasteiger partial charge in [0.05, 0.1) is 17.2 Å². The molecule has 0 bridgehead atoms. The highest BCUT2D eigenvalue weighted by Crippen LogP contribution is 2.22. The van der Waals surface area contributed by atoms with Gasteiger partial charge in [-0.3, -0.25) is 4.40 Å². The lowest BCUT2D eigenvalue weighted by molar-refractivity contribution is 1.18. The number of para-hydroxylation sites is 2. The first kappa shape index (κ1) is 9.35. The zero-order valence-electron chi connectivity index (χ0n) is 7.48. The fourth-order valence-electron chi connectivity index (χ4n) is 1.61. The van der Waals surface area contributed by atoms with Crippen LogP contribution in [-0.2, 0) is 0 Å². The summed E-state index contributed by atoms with van der Waals surface area (Å²) in [7, 11) is 0. The summed E-state index contributed by atoms with van der Waals surface area (Å²) in [6.07, 6.45) is 1.79. The number of hydrogen-bond acceptors (Lipinski definition) is 2. The molecule has 1 aromatic carbocycles. The summed E-state index contributed by atoms with van der Waals surface area (Å²) in [5.74, 6) is 0. The zero-order valence-corrected chi connectivity index (χ0v) is 10.4. The minimum Gasteiger partial charge on any atom is -0.283 e. The monoisotopic (exact) mass is 329 g/mol. The van der Waals surface area contributed by atoms with Crippen LogP contribution in [0.15, 0.2) is 30.5 Å². The topological polar surface area (TPSA) is 30.2 Å². The molecule has 0 amide bonds. The summed E-state index contributed by atoms with van der Waals surface area (Å²) >= 11 is 8.28. The maximum Gasteiger partial charge on any atom is 0.176 e. The standard InChI is InChI=1S/C10H5ClIN3/c11-9-10-13-5-8(12)15(10)7-4-2-1-3-6(7)14-9/h1-5H. The van der Waals surface area contributed by atoms with E-state index in [9.17, 15) is 0 Å². The van der Waals surface area contributed by atoms with Crippen LogP contribution in [0, 0.1) is 3.70 Å². The maximum atomic E-state index is 6.05. The van der Waals surface area contributed by atoms with Gasteiger partial charge in [-0.1, -0.05) is 23.7 Å². The van der Waals surface area contributed by atoms with Gasteiger partial charge in [0.25, 0.3) is 0 Å². The van der Waals surface area contributed by atoms with Crippen molar-refractivity contribution in [3.8, 4) is 0 Å². The first-order valence-corrected chi connectivity index (χ1v) is 5.80. The predicted molar refractivity (Wildman–Crippen MR) is 68.2 cm³/mol. The van der Waals surface area contributed by atoms with Crippen molar-refractivity contribution in [2.75, 3.05) is 0 Å². The molecular weight excluding hydrogens is 324 g/mol. The quantitative estimate of drug-likeness (QED) is 0.593. The molecule has 2 aromatic heterocycles. The zero-order chi connectivity index (χ0) is 10.4. The van der Waals surface area contributed by atoms with Crippen molar-refractivity contribution in [2.45, 2.75) is 0 Å². The number of benzene rings is 1. The van der Waals surface area contributed by atoms with Crippen LogP contribution in [0.25, 0.3) is 16.7 Å². The third kappa shape index (κ3) is 1.32.